The topological polar surface area (TPSA) is 121 Å². The Kier molecular flexibility index (Phi) is 6.80. The van der Waals surface area contributed by atoms with Crippen LogP contribution < -0.4 is 15.1 Å². The van der Waals surface area contributed by atoms with Gasteiger partial charge < -0.3 is 25.0 Å². The van der Waals surface area contributed by atoms with Crippen molar-refractivity contribution in [3.8, 4) is 0 Å². The van der Waals surface area contributed by atoms with Crippen LogP contribution in [0.15, 0.2) is 36.7 Å². The van der Waals surface area contributed by atoms with Gasteiger partial charge in [-0.3, -0.25) is 0 Å². The molecule has 2 aromatic heterocycles. The third-order valence-electron chi connectivity index (χ3n) is 7.85. The van der Waals surface area contributed by atoms with Gasteiger partial charge in [-0.2, -0.15) is 4.98 Å². The number of anilines is 4. The molecule has 2 aliphatic heterocycles. The Morgan fingerprint density at radius 3 is 2.66 bits per heavy atom. The number of hydrogen-bond acceptors (Lipinski definition) is 10. The molecule has 4 atom stereocenters. The molecule has 0 radical (unpaired) electrons. The highest BCUT2D eigenvalue weighted by atomic mass is 32.2. The van der Waals surface area contributed by atoms with Crippen molar-refractivity contribution in [3.63, 3.8) is 0 Å². The van der Waals surface area contributed by atoms with Crippen LogP contribution in [0.1, 0.15) is 36.4 Å². The molecule has 0 amide bonds. The van der Waals surface area contributed by atoms with Crippen LogP contribution >= 0.6 is 0 Å². The first-order valence-corrected chi connectivity index (χ1v) is 15.4. The summed E-state index contributed by atoms with van der Waals surface area (Å²) in [7, 11) is -6.17. The number of pyridine rings is 1. The molecule has 222 valence electrons. The molecule has 0 aliphatic carbocycles. The van der Waals surface area contributed by atoms with E-state index < -0.39 is 41.6 Å². The van der Waals surface area contributed by atoms with Crippen LogP contribution in [0.3, 0.4) is 0 Å². The van der Waals surface area contributed by atoms with Crippen LogP contribution in [0.5, 0.6) is 0 Å². The van der Waals surface area contributed by atoms with E-state index in [0.29, 0.717) is 12.4 Å². The van der Waals surface area contributed by atoms with Gasteiger partial charge in [0.25, 0.3) is 5.92 Å². The molecule has 10 nitrogen and oxygen atoms in total. The van der Waals surface area contributed by atoms with E-state index >= 15 is 0 Å². The summed E-state index contributed by atoms with van der Waals surface area (Å²) in [6.45, 7) is 5.53. The smallest absolute Gasteiger partial charge is 0.293 e. The number of nitrogens with one attached hydrogen (secondary N) is 1. The molecule has 0 bridgehead atoms. The molecular weight excluding hydrogens is 554 g/mol. The zero-order valence-corrected chi connectivity index (χ0v) is 24.1. The molecule has 13 heteroatoms. The Morgan fingerprint density at radius 1 is 1.22 bits per heavy atom. The molecular formula is C28H36F2N6O4S. The Hall–Kier alpha value is -3.16. The molecule has 2 aliphatic rings. The number of hydrogen-bond donors (Lipinski definition) is 2. The van der Waals surface area contributed by atoms with E-state index in [1.165, 1.54) is 12.5 Å². The van der Waals surface area contributed by atoms with Crippen LogP contribution in [-0.4, -0.2) is 91.3 Å². The van der Waals surface area contributed by atoms with Crippen molar-refractivity contribution in [2.75, 3.05) is 53.8 Å². The van der Waals surface area contributed by atoms with Gasteiger partial charge in [0, 0.05) is 61.8 Å². The lowest BCUT2D eigenvalue weighted by Crippen LogP contribution is -2.60. The molecule has 2 fully saturated rings. The van der Waals surface area contributed by atoms with Gasteiger partial charge in [-0.1, -0.05) is 19.9 Å². The quantitative estimate of drug-likeness (QED) is 0.401. The number of rotatable bonds is 8. The van der Waals surface area contributed by atoms with Crippen molar-refractivity contribution in [2.45, 2.75) is 50.9 Å². The molecule has 5 rings (SSSR count). The third-order valence-corrected chi connectivity index (χ3v) is 8.88. The number of β-amino-alcohol motifs (C(OH)–C–C–N with tert-alkyl or cyclic N) is 1. The van der Waals surface area contributed by atoms with Crippen LogP contribution in [0, 0.1) is 5.92 Å². The van der Waals surface area contributed by atoms with Crippen molar-refractivity contribution in [1.82, 2.24) is 15.0 Å². The summed E-state index contributed by atoms with van der Waals surface area (Å²) in [6, 6.07) is 7.61. The Labute approximate surface area is 242 Å². The molecule has 1 aromatic carbocycles. The highest BCUT2D eigenvalue weighted by Crippen LogP contribution is 2.40. The Balaban J connectivity index is 1.38. The van der Waals surface area contributed by atoms with Gasteiger partial charge in [-0.25, -0.2) is 27.2 Å². The van der Waals surface area contributed by atoms with Gasteiger partial charge in [0.1, 0.15) is 33.7 Å². The molecule has 3 aromatic rings. The maximum atomic E-state index is 14.8. The summed E-state index contributed by atoms with van der Waals surface area (Å²) in [4.78, 5) is 16.3. The minimum atomic E-state index is -3.68. The highest BCUT2D eigenvalue weighted by Gasteiger charge is 2.50. The summed E-state index contributed by atoms with van der Waals surface area (Å²) >= 11 is 0. The van der Waals surface area contributed by atoms with E-state index in [2.05, 4.69) is 49.8 Å². The lowest BCUT2D eigenvalue weighted by atomic mass is 9.88. The predicted molar refractivity (Wildman–Crippen MR) is 155 cm³/mol. The molecule has 4 heterocycles. The van der Waals surface area contributed by atoms with E-state index in [4.69, 9.17) is 4.11 Å². The van der Waals surface area contributed by atoms with Gasteiger partial charge in [-0.05, 0) is 42.0 Å². The summed E-state index contributed by atoms with van der Waals surface area (Å²) in [5, 5.41) is 15.3. The number of aliphatic hydroxyl groups excluding tert-OH is 1. The number of nitrogens with zero attached hydrogens (tertiary/aromatic N) is 5. The number of halogens is 2. The van der Waals surface area contributed by atoms with Crippen molar-refractivity contribution >= 4 is 43.9 Å². The molecule has 41 heavy (non-hydrogen) atoms. The summed E-state index contributed by atoms with van der Waals surface area (Å²) in [5.74, 6) is -2.63. The van der Waals surface area contributed by atoms with Crippen molar-refractivity contribution < 1.29 is 31.2 Å². The number of methoxy groups -OCH3 is 1. The lowest BCUT2D eigenvalue weighted by Gasteiger charge is -2.48. The second-order valence-electron chi connectivity index (χ2n) is 11.3. The number of piperidine rings is 1. The minimum absolute atomic E-state index is 0.0473. The number of fused-ring (bicyclic) bond motifs is 1. The van der Waals surface area contributed by atoms with Crippen LogP contribution in [0.25, 0.3) is 10.8 Å². The average Bonchev–Trinajstić information content (AvgIpc) is 2.91. The van der Waals surface area contributed by atoms with Crippen molar-refractivity contribution in [1.29, 1.82) is 0 Å². The summed E-state index contributed by atoms with van der Waals surface area (Å²) in [5.41, 5.74) is 2.06. The molecule has 0 spiro atoms. The monoisotopic (exact) mass is 593 g/mol. The normalized spacial score (nSPS) is 25.9. The summed E-state index contributed by atoms with van der Waals surface area (Å²) in [6.07, 6.45) is 0.411. The second-order valence-corrected chi connectivity index (χ2v) is 13.5. The van der Waals surface area contributed by atoms with Crippen LogP contribution in [0.4, 0.5) is 32.1 Å². The van der Waals surface area contributed by atoms with E-state index in [1.807, 2.05) is 19.1 Å². The van der Waals surface area contributed by atoms with Gasteiger partial charge in [-0.15, -0.1) is 0 Å². The first-order chi connectivity index (χ1) is 20.4. The fourth-order valence-corrected chi connectivity index (χ4v) is 6.85. The van der Waals surface area contributed by atoms with Crippen molar-refractivity contribution in [2.24, 2.45) is 5.92 Å². The van der Waals surface area contributed by atoms with Gasteiger partial charge in [0.2, 0.25) is 5.95 Å². The second kappa shape index (κ2) is 10.9. The molecule has 2 N–H and O–H groups in total. The average molecular weight is 594 g/mol. The Morgan fingerprint density at radius 2 is 2.00 bits per heavy atom. The highest BCUT2D eigenvalue weighted by molar-refractivity contribution is 7.90. The third kappa shape index (κ3) is 5.93. The number of alkyl halides is 2. The number of aromatic nitrogens is 3. The first-order valence-electron chi connectivity index (χ1n) is 14.9. The number of aliphatic hydroxyl groups is 1. The van der Waals surface area contributed by atoms with Gasteiger partial charge in [0.15, 0.2) is 0 Å². The molecule has 0 unspecified atom stereocenters. The van der Waals surface area contributed by atoms with E-state index in [9.17, 15) is 22.3 Å². The largest absolute Gasteiger partial charge is 0.388 e. The van der Waals surface area contributed by atoms with Crippen LogP contribution in [-0.2, 0) is 14.6 Å². The van der Waals surface area contributed by atoms with E-state index in [0.717, 1.165) is 26.9 Å². The van der Waals surface area contributed by atoms with E-state index in [1.54, 1.807) is 12.3 Å². The fraction of sp³-hybridized carbons (Fsp3) is 0.536. The van der Waals surface area contributed by atoms with Crippen LogP contribution in [0.2, 0.25) is 0 Å². The standard InChI is InChI=1S/C28H36F2N6O4S/c1-16(2)19-6-7-22(36-12-18(17(36)3)14-41(5,38)39)21-11-32-25(10-20(19)21)33-24-8-9-31-27(34-24)35-13-23(37)26(40-4)28(29,30)15-35/h6-11,16-18,23,26,37H,12-15H2,1-5H3,(H,31,32,33,34)/t17-,18-,23-,26-/m1/s1/i4D3. The molecule has 0 saturated carbocycles. The van der Waals surface area contributed by atoms with Gasteiger partial charge >= 0.3 is 0 Å². The van der Waals surface area contributed by atoms with Crippen molar-refractivity contribution in [3.05, 3.63) is 42.2 Å². The Bertz CT molecular complexity index is 1650. The van der Waals surface area contributed by atoms with E-state index in [-0.39, 0.29) is 41.9 Å². The summed E-state index contributed by atoms with van der Waals surface area (Å²) < 4.78 is 79.3. The minimum Gasteiger partial charge on any atom is -0.388 e. The first kappa shape index (κ1) is 25.5. The lowest BCUT2D eigenvalue weighted by molar-refractivity contribution is -0.171. The predicted octanol–water partition coefficient (Wildman–Crippen LogP) is 3.59. The van der Waals surface area contributed by atoms with Gasteiger partial charge in [0.05, 0.1) is 16.4 Å². The number of sulfone groups is 1. The molecule has 2 saturated heterocycles. The number of benzene rings is 1. The SMILES string of the molecule is [2H]C([2H])([2H])O[C@@H]1[C@H](O)CN(c2nccc(Nc3cc4c(C(C)C)ccc(N5C[C@H](CS(C)(=O)=O)[C@H]5C)c4cn3)n2)CC1(F)F. The number of ether oxygens (including phenoxy) is 1. The zero-order valence-electron chi connectivity index (χ0n) is 26.3. The maximum absolute atomic E-state index is 14.8. The maximum Gasteiger partial charge on any atom is 0.293 e. The fourth-order valence-electron chi connectivity index (χ4n) is 5.69. The zero-order chi connectivity index (χ0) is 32.2.